The van der Waals surface area contributed by atoms with Crippen LogP contribution in [0.3, 0.4) is 0 Å². The molecule has 0 saturated heterocycles. The van der Waals surface area contributed by atoms with Crippen molar-refractivity contribution >= 4 is 21.9 Å². The fourth-order valence-corrected chi connectivity index (χ4v) is 3.41. The topological polar surface area (TPSA) is 65.3 Å². The first-order valence-electron chi connectivity index (χ1n) is 7.09. The first kappa shape index (κ1) is 12.5. The van der Waals surface area contributed by atoms with E-state index < -0.39 is 0 Å². The zero-order valence-electron chi connectivity index (χ0n) is 11.9. The molecule has 0 bridgehead atoms. The third-order valence-corrected chi connectivity index (χ3v) is 4.48. The molecule has 0 radical (unpaired) electrons. The highest BCUT2D eigenvalue weighted by Crippen LogP contribution is 2.22. The standard InChI is InChI=1S/C15H11N7S/c1-2-16-14-12(8-18-22(14)4-1)13-17-3-5-20(13)9-11-10-21-6-7-23-15(21)19-11/h1-8,10H,9H2. The normalized spacial score (nSPS) is 11.7. The summed E-state index contributed by atoms with van der Waals surface area (Å²) in [4.78, 5) is 14.5. The molecule has 5 heterocycles. The second-order valence-electron chi connectivity index (χ2n) is 5.15. The number of fused-ring (bicyclic) bond motifs is 2. The predicted octanol–water partition coefficient (Wildman–Crippen LogP) is 2.35. The van der Waals surface area contributed by atoms with Gasteiger partial charge < -0.3 is 4.57 Å². The van der Waals surface area contributed by atoms with Gasteiger partial charge >= 0.3 is 0 Å². The van der Waals surface area contributed by atoms with Gasteiger partial charge in [0.2, 0.25) is 0 Å². The Hall–Kier alpha value is -3.00. The summed E-state index contributed by atoms with van der Waals surface area (Å²) < 4.78 is 5.85. The van der Waals surface area contributed by atoms with Gasteiger partial charge in [0.15, 0.2) is 10.6 Å². The SMILES string of the molecule is c1cnc2c(-c3nccn3Cc3cn4ccsc4n3)cnn2c1. The number of thiazole rings is 1. The fraction of sp³-hybridized carbons (Fsp3) is 0.0667. The Kier molecular flexibility index (Phi) is 2.59. The van der Waals surface area contributed by atoms with Gasteiger partial charge in [-0.2, -0.15) is 5.10 Å². The Labute approximate surface area is 134 Å². The van der Waals surface area contributed by atoms with Crippen molar-refractivity contribution in [1.29, 1.82) is 0 Å². The summed E-state index contributed by atoms with van der Waals surface area (Å²) >= 11 is 1.63. The maximum atomic E-state index is 4.63. The van der Waals surface area contributed by atoms with Gasteiger partial charge in [-0.25, -0.2) is 19.5 Å². The maximum Gasteiger partial charge on any atom is 0.193 e. The second kappa shape index (κ2) is 4.75. The van der Waals surface area contributed by atoms with Crippen molar-refractivity contribution in [3.05, 3.63) is 60.5 Å². The number of hydrogen-bond donors (Lipinski definition) is 0. The Bertz CT molecular complexity index is 1080. The van der Waals surface area contributed by atoms with Crippen LogP contribution < -0.4 is 0 Å². The third-order valence-electron chi connectivity index (χ3n) is 3.71. The number of hydrogen-bond acceptors (Lipinski definition) is 5. The molecule has 0 aliphatic carbocycles. The molecule has 0 atom stereocenters. The smallest absolute Gasteiger partial charge is 0.193 e. The lowest BCUT2D eigenvalue weighted by Gasteiger charge is -2.04. The molecule has 0 aliphatic heterocycles. The van der Waals surface area contributed by atoms with E-state index in [9.17, 15) is 0 Å². The van der Waals surface area contributed by atoms with Gasteiger partial charge in [0, 0.05) is 42.6 Å². The predicted molar refractivity (Wildman–Crippen MR) is 86.4 cm³/mol. The molecule has 0 aliphatic rings. The molecule has 0 N–H and O–H groups in total. The molecule has 0 spiro atoms. The first-order valence-corrected chi connectivity index (χ1v) is 7.97. The van der Waals surface area contributed by atoms with Gasteiger partial charge in [-0.05, 0) is 6.07 Å². The quantitative estimate of drug-likeness (QED) is 0.512. The van der Waals surface area contributed by atoms with Crippen LogP contribution in [0, 0.1) is 0 Å². The number of rotatable bonds is 3. The van der Waals surface area contributed by atoms with E-state index in [1.807, 2.05) is 40.6 Å². The largest absolute Gasteiger partial charge is 0.325 e. The fourth-order valence-electron chi connectivity index (χ4n) is 2.69. The van der Waals surface area contributed by atoms with Crippen molar-refractivity contribution in [2.45, 2.75) is 6.54 Å². The summed E-state index contributed by atoms with van der Waals surface area (Å²) in [6.07, 6.45) is 13.2. The maximum absolute atomic E-state index is 4.63. The van der Waals surface area contributed by atoms with E-state index in [2.05, 4.69) is 24.6 Å². The highest BCUT2D eigenvalue weighted by molar-refractivity contribution is 7.15. The molecule has 0 fully saturated rings. The van der Waals surface area contributed by atoms with Crippen LogP contribution in [0.25, 0.3) is 22.0 Å². The van der Waals surface area contributed by atoms with Crippen LogP contribution >= 0.6 is 11.3 Å². The lowest BCUT2D eigenvalue weighted by Crippen LogP contribution is -2.01. The minimum atomic E-state index is 0.661. The minimum Gasteiger partial charge on any atom is -0.325 e. The molecule has 5 aromatic rings. The van der Waals surface area contributed by atoms with Gasteiger partial charge in [-0.15, -0.1) is 11.3 Å². The van der Waals surface area contributed by atoms with E-state index in [4.69, 9.17) is 0 Å². The zero-order chi connectivity index (χ0) is 15.2. The summed E-state index contributed by atoms with van der Waals surface area (Å²) in [5, 5.41) is 6.36. The molecule has 0 aromatic carbocycles. The van der Waals surface area contributed by atoms with Crippen LogP contribution in [0.5, 0.6) is 0 Å². The highest BCUT2D eigenvalue weighted by atomic mass is 32.1. The van der Waals surface area contributed by atoms with E-state index in [0.717, 1.165) is 27.7 Å². The number of nitrogens with zero attached hydrogens (tertiary/aromatic N) is 7. The molecule has 0 amide bonds. The Balaban J connectivity index is 1.58. The van der Waals surface area contributed by atoms with E-state index in [0.29, 0.717) is 6.54 Å². The van der Waals surface area contributed by atoms with E-state index in [1.54, 1.807) is 34.4 Å². The van der Waals surface area contributed by atoms with Crippen LogP contribution in [0.15, 0.2) is 54.8 Å². The molecule has 0 saturated carbocycles. The van der Waals surface area contributed by atoms with Gasteiger partial charge in [0.05, 0.1) is 24.0 Å². The van der Waals surface area contributed by atoms with E-state index >= 15 is 0 Å². The lowest BCUT2D eigenvalue weighted by atomic mass is 10.3. The monoisotopic (exact) mass is 321 g/mol. The van der Waals surface area contributed by atoms with Crippen LogP contribution in [-0.2, 0) is 6.54 Å². The molecule has 0 unspecified atom stereocenters. The van der Waals surface area contributed by atoms with Crippen LogP contribution in [0.2, 0.25) is 0 Å². The first-order chi connectivity index (χ1) is 11.4. The highest BCUT2D eigenvalue weighted by Gasteiger charge is 2.14. The summed E-state index contributed by atoms with van der Waals surface area (Å²) in [7, 11) is 0. The van der Waals surface area contributed by atoms with Crippen LogP contribution in [0.1, 0.15) is 5.69 Å². The van der Waals surface area contributed by atoms with Crippen LogP contribution in [-0.4, -0.2) is 33.5 Å². The van der Waals surface area contributed by atoms with Crippen molar-refractivity contribution in [3.8, 4) is 11.4 Å². The molecular formula is C15H11N7S. The van der Waals surface area contributed by atoms with Gasteiger partial charge in [-0.1, -0.05) is 0 Å². The Morgan fingerprint density at radius 1 is 1.09 bits per heavy atom. The average Bonchev–Trinajstić information content (AvgIpc) is 3.29. The molecule has 8 heteroatoms. The lowest BCUT2D eigenvalue weighted by molar-refractivity contribution is 0.788. The van der Waals surface area contributed by atoms with Crippen molar-refractivity contribution in [1.82, 2.24) is 33.5 Å². The van der Waals surface area contributed by atoms with Crippen molar-refractivity contribution in [2.75, 3.05) is 0 Å². The van der Waals surface area contributed by atoms with Gasteiger partial charge in [0.1, 0.15) is 5.82 Å². The average molecular weight is 321 g/mol. The molecule has 7 nitrogen and oxygen atoms in total. The molecule has 112 valence electrons. The van der Waals surface area contributed by atoms with E-state index in [1.165, 1.54) is 0 Å². The van der Waals surface area contributed by atoms with Crippen molar-refractivity contribution in [3.63, 3.8) is 0 Å². The summed E-state index contributed by atoms with van der Waals surface area (Å²) in [5.41, 5.74) is 2.71. The molecule has 5 aromatic heterocycles. The van der Waals surface area contributed by atoms with Crippen LogP contribution in [0.4, 0.5) is 0 Å². The molecular weight excluding hydrogens is 310 g/mol. The number of imidazole rings is 2. The van der Waals surface area contributed by atoms with Gasteiger partial charge in [0.25, 0.3) is 0 Å². The van der Waals surface area contributed by atoms with Gasteiger partial charge in [-0.3, -0.25) is 4.40 Å². The second-order valence-corrected chi connectivity index (χ2v) is 6.02. The molecule has 5 rings (SSSR count). The Morgan fingerprint density at radius 2 is 2.09 bits per heavy atom. The zero-order valence-corrected chi connectivity index (χ0v) is 12.8. The molecule has 23 heavy (non-hydrogen) atoms. The summed E-state index contributed by atoms with van der Waals surface area (Å²) in [5.74, 6) is 0.843. The van der Waals surface area contributed by atoms with Crippen molar-refractivity contribution < 1.29 is 0 Å². The van der Waals surface area contributed by atoms with E-state index in [-0.39, 0.29) is 0 Å². The minimum absolute atomic E-state index is 0.661. The Morgan fingerprint density at radius 3 is 3.04 bits per heavy atom. The van der Waals surface area contributed by atoms with Crippen molar-refractivity contribution in [2.24, 2.45) is 0 Å². The summed E-state index contributed by atoms with van der Waals surface area (Å²) in [6, 6.07) is 1.86. The number of aromatic nitrogens is 7. The third kappa shape index (κ3) is 1.95. The summed E-state index contributed by atoms with van der Waals surface area (Å²) in [6.45, 7) is 0.661.